The number of likely N-dealkylation sites (tertiary alicyclic amines) is 1. The maximum absolute atomic E-state index is 12.4. The molecule has 0 bridgehead atoms. The number of hydrogen-bond donors (Lipinski definition) is 2. The molecule has 0 saturated carbocycles. The molecule has 0 aromatic heterocycles. The predicted molar refractivity (Wildman–Crippen MR) is 109 cm³/mol. The average molecular weight is 367 g/mol. The fourth-order valence-electron chi connectivity index (χ4n) is 3.43. The number of amides is 1. The molecule has 144 valence electrons. The number of carbonyl (C=O) groups excluding carboxylic acids is 1. The number of nitrogens with one attached hydrogen (secondary N) is 2. The number of nitrogens with zero attached hydrogens (tertiary/aromatic N) is 1. The zero-order valence-corrected chi connectivity index (χ0v) is 16.2. The summed E-state index contributed by atoms with van der Waals surface area (Å²) < 4.78 is 5.77. The van der Waals surface area contributed by atoms with Gasteiger partial charge in [-0.2, -0.15) is 0 Å². The largest absolute Gasteiger partial charge is 0.457 e. The molecule has 1 heterocycles. The van der Waals surface area contributed by atoms with Gasteiger partial charge in [-0.1, -0.05) is 25.1 Å². The molecule has 2 atom stereocenters. The van der Waals surface area contributed by atoms with Gasteiger partial charge in [0.25, 0.3) is 0 Å². The molecule has 0 spiro atoms. The number of ether oxygens (including phenoxy) is 1. The van der Waals surface area contributed by atoms with Gasteiger partial charge in [-0.05, 0) is 69.3 Å². The number of likely N-dealkylation sites (N-methyl/N-ethyl adjacent to an activating group) is 1. The van der Waals surface area contributed by atoms with Crippen LogP contribution in [0.1, 0.15) is 26.7 Å². The summed E-state index contributed by atoms with van der Waals surface area (Å²) in [5.41, 5.74) is 0.769. The summed E-state index contributed by atoms with van der Waals surface area (Å²) in [6, 6.07) is 17.4. The molecule has 1 aliphatic heterocycles. The molecule has 2 N–H and O–H groups in total. The van der Waals surface area contributed by atoms with E-state index in [0.717, 1.165) is 30.3 Å². The highest BCUT2D eigenvalue weighted by Crippen LogP contribution is 2.22. The Morgan fingerprint density at radius 2 is 1.85 bits per heavy atom. The van der Waals surface area contributed by atoms with E-state index in [1.807, 2.05) is 61.5 Å². The Morgan fingerprint density at radius 1 is 1.15 bits per heavy atom. The van der Waals surface area contributed by atoms with Crippen LogP contribution >= 0.6 is 0 Å². The van der Waals surface area contributed by atoms with E-state index < -0.39 is 0 Å². The monoisotopic (exact) mass is 367 g/mol. The zero-order chi connectivity index (χ0) is 19.1. The lowest BCUT2D eigenvalue weighted by molar-refractivity contribution is -0.117. The Morgan fingerprint density at radius 3 is 2.56 bits per heavy atom. The highest BCUT2D eigenvalue weighted by atomic mass is 16.5. The van der Waals surface area contributed by atoms with Crippen LogP contribution in [0.15, 0.2) is 54.6 Å². The van der Waals surface area contributed by atoms with E-state index in [2.05, 4.69) is 22.5 Å². The molecule has 0 unspecified atom stereocenters. The molecule has 5 nitrogen and oxygen atoms in total. The molecule has 5 heteroatoms. The van der Waals surface area contributed by atoms with Gasteiger partial charge in [0.1, 0.15) is 11.5 Å². The van der Waals surface area contributed by atoms with Crippen LogP contribution in [0, 0.1) is 0 Å². The van der Waals surface area contributed by atoms with Crippen LogP contribution < -0.4 is 15.4 Å². The van der Waals surface area contributed by atoms with Crippen LogP contribution in [0.3, 0.4) is 0 Å². The third kappa shape index (κ3) is 5.55. The van der Waals surface area contributed by atoms with Gasteiger partial charge >= 0.3 is 0 Å². The van der Waals surface area contributed by atoms with Gasteiger partial charge in [0.2, 0.25) is 5.91 Å². The summed E-state index contributed by atoms with van der Waals surface area (Å²) in [6.07, 6.45) is 2.45. The molecular weight excluding hydrogens is 338 g/mol. The van der Waals surface area contributed by atoms with Crippen molar-refractivity contribution in [2.75, 3.05) is 25.0 Å². The quantitative estimate of drug-likeness (QED) is 0.743. The van der Waals surface area contributed by atoms with Crippen LogP contribution in [0.25, 0.3) is 0 Å². The highest BCUT2D eigenvalue weighted by molar-refractivity contribution is 5.94. The van der Waals surface area contributed by atoms with Crippen LogP contribution in [0.2, 0.25) is 0 Å². The third-order valence-corrected chi connectivity index (χ3v) is 5.06. The molecule has 2 aromatic rings. The van der Waals surface area contributed by atoms with E-state index in [4.69, 9.17) is 4.74 Å². The fourth-order valence-corrected chi connectivity index (χ4v) is 3.43. The standard InChI is InChI=1S/C22H29N3O2/c1-3-25-15-7-8-19(25)16-23-17(2)22(26)24-18-11-13-21(14-12-18)27-20-9-5-4-6-10-20/h4-6,9-14,17,19,23H,3,7-8,15-16H2,1-2H3,(H,24,26)/t17-,19-/m0/s1. The first-order chi connectivity index (χ1) is 13.2. The third-order valence-electron chi connectivity index (χ3n) is 5.06. The van der Waals surface area contributed by atoms with Crippen LogP contribution in [-0.2, 0) is 4.79 Å². The Balaban J connectivity index is 1.47. The highest BCUT2D eigenvalue weighted by Gasteiger charge is 2.24. The van der Waals surface area contributed by atoms with E-state index in [-0.39, 0.29) is 11.9 Å². The van der Waals surface area contributed by atoms with E-state index in [9.17, 15) is 4.79 Å². The first-order valence-electron chi connectivity index (χ1n) is 9.77. The van der Waals surface area contributed by atoms with Gasteiger partial charge in [0.05, 0.1) is 6.04 Å². The minimum atomic E-state index is -0.232. The number of benzene rings is 2. The van der Waals surface area contributed by atoms with Crippen LogP contribution in [0.5, 0.6) is 11.5 Å². The lowest BCUT2D eigenvalue weighted by atomic mass is 10.2. The summed E-state index contributed by atoms with van der Waals surface area (Å²) in [6.45, 7) is 7.20. The Labute approximate surface area is 161 Å². The minimum absolute atomic E-state index is 0.0206. The van der Waals surface area contributed by atoms with E-state index >= 15 is 0 Å². The minimum Gasteiger partial charge on any atom is -0.457 e. The SMILES string of the molecule is CCN1CCC[C@H]1CN[C@@H](C)C(=O)Nc1ccc(Oc2ccccc2)cc1. The van der Waals surface area contributed by atoms with Crippen molar-refractivity contribution in [1.29, 1.82) is 0 Å². The molecule has 0 radical (unpaired) electrons. The molecule has 3 rings (SSSR count). The van der Waals surface area contributed by atoms with Gasteiger partial charge in [-0.15, -0.1) is 0 Å². The maximum Gasteiger partial charge on any atom is 0.241 e. The second kappa shape index (κ2) is 9.53. The summed E-state index contributed by atoms with van der Waals surface area (Å²) in [5, 5.41) is 6.34. The van der Waals surface area contributed by atoms with Crippen molar-refractivity contribution in [3.63, 3.8) is 0 Å². The first-order valence-corrected chi connectivity index (χ1v) is 9.77. The molecule has 2 aromatic carbocycles. The molecule has 0 aliphatic carbocycles. The normalized spacial score (nSPS) is 18.2. The Hall–Kier alpha value is -2.37. The zero-order valence-electron chi connectivity index (χ0n) is 16.2. The smallest absolute Gasteiger partial charge is 0.241 e. The van der Waals surface area contributed by atoms with Crippen molar-refractivity contribution >= 4 is 11.6 Å². The number of para-hydroxylation sites is 1. The molecule has 1 saturated heterocycles. The number of rotatable bonds is 8. The molecular formula is C22H29N3O2. The van der Waals surface area contributed by atoms with Crippen LogP contribution in [-0.4, -0.2) is 42.5 Å². The molecule has 1 aliphatic rings. The van der Waals surface area contributed by atoms with Crippen molar-refractivity contribution in [2.24, 2.45) is 0 Å². The second-order valence-corrected chi connectivity index (χ2v) is 6.98. The second-order valence-electron chi connectivity index (χ2n) is 6.98. The number of anilines is 1. The summed E-state index contributed by atoms with van der Waals surface area (Å²) in [4.78, 5) is 14.9. The molecule has 1 fully saturated rings. The first kappa shape index (κ1) is 19.4. The van der Waals surface area contributed by atoms with Gasteiger partial charge in [-0.3, -0.25) is 9.69 Å². The number of carbonyl (C=O) groups is 1. The number of hydrogen-bond acceptors (Lipinski definition) is 4. The Bertz CT molecular complexity index is 718. The van der Waals surface area contributed by atoms with Gasteiger partial charge in [0, 0.05) is 18.3 Å². The lowest BCUT2D eigenvalue weighted by Gasteiger charge is -2.24. The van der Waals surface area contributed by atoms with Gasteiger partial charge in [-0.25, -0.2) is 0 Å². The van der Waals surface area contributed by atoms with Crippen molar-refractivity contribution in [3.8, 4) is 11.5 Å². The fraction of sp³-hybridized carbons (Fsp3) is 0.409. The topological polar surface area (TPSA) is 53.6 Å². The maximum atomic E-state index is 12.4. The van der Waals surface area contributed by atoms with Crippen molar-refractivity contribution in [2.45, 2.75) is 38.8 Å². The van der Waals surface area contributed by atoms with E-state index in [1.165, 1.54) is 19.4 Å². The van der Waals surface area contributed by atoms with Crippen molar-refractivity contribution in [1.82, 2.24) is 10.2 Å². The van der Waals surface area contributed by atoms with Crippen LogP contribution in [0.4, 0.5) is 5.69 Å². The van der Waals surface area contributed by atoms with Gasteiger partial charge in [0.15, 0.2) is 0 Å². The predicted octanol–water partition coefficient (Wildman–Crippen LogP) is 3.88. The van der Waals surface area contributed by atoms with E-state index in [1.54, 1.807) is 0 Å². The summed E-state index contributed by atoms with van der Waals surface area (Å²) >= 11 is 0. The summed E-state index contributed by atoms with van der Waals surface area (Å²) in [5.74, 6) is 1.51. The van der Waals surface area contributed by atoms with Gasteiger partial charge < -0.3 is 15.4 Å². The molecule has 1 amide bonds. The van der Waals surface area contributed by atoms with Crippen molar-refractivity contribution < 1.29 is 9.53 Å². The Kier molecular flexibility index (Phi) is 6.85. The summed E-state index contributed by atoms with van der Waals surface area (Å²) in [7, 11) is 0. The lowest BCUT2D eigenvalue weighted by Crippen LogP contribution is -2.45. The molecule has 27 heavy (non-hydrogen) atoms. The van der Waals surface area contributed by atoms with Crippen molar-refractivity contribution in [3.05, 3.63) is 54.6 Å². The van der Waals surface area contributed by atoms with E-state index in [0.29, 0.717) is 6.04 Å². The average Bonchev–Trinajstić information content (AvgIpc) is 3.16.